The number of carbonyl (C=O) groups is 1. The lowest BCUT2D eigenvalue weighted by atomic mass is 9.89. The highest BCUT2D eigenvalue weighted by Gasteiger charge is 2.52. The molecule has 1 amide bonds. The Hall–Kier alpha value is -3.52. The third kappa shape index (κ3) is 4.64. The molecule has 31 heavy (non-hydrogen) atoms. The third-order valence-corrected chi connectivity index (χ3v) is 5.14. The molecule has 3 atom stereocenters. The van der Waals surface area contributed by atoms with Crippen molar-refractivity contribution in [2.45, 2.75) is 37.5 Å². The summed E-state index contributed by atoms with van der Waals surface area (Å²) in [6.07, 6.45) is -4.93. The first kappa shape index (κ1) is 22.2. The number of amides is 1. The van der Waals surface area contributed by atoms with E-state index in [1.165, 1.54) is 25.1 Å². The number of rotatable bonds is 4. The molecule has 0 aliphatic carbocycles. The van der Waals surface area contributed by atoms with Crippen molar-refractivity contribution in [3.05, 3.63) is 69.0 Å². The van der Waals surface area contributed by atoms with Gasteiger partial charge in [0.05, 0.1) is 28.3 Å². The lowest BCUT2D eigenvalue weighted by molar-refractivity contribution is -0.385. The monoisotopic (exact) mass is 436 g/mol. The molecule has 0 aromatic heterocycles. The molecule has 0 radical (unpaired) electrons. The minimum absolute atomic E-state index is 0.0280. The second-order valence-electron chi connectivity index (χ2n) is 7.18. The van der Waals surface area contributed by atoms with Crippen LogP contribution in [0.15, 0.2) is 36.4 Å². The van der Waals surface area contributed by atoms with Crippen LogP contribution in [0.1, 0.15) is 29.0 Å². The molecule has 0 saturated carbocycles. The summed E-state index contributed by atoms with van der Waals surface area (Å²) in [6.45, 7) is 1.42. The molecule has 3 rings (SSSR count). The van der Waals surface area contributed by atoms with Crippen LogP contribution < -0.4 is 10.6 Å². The van der Waals surface area contributed by atoms with Gasteiger partial charge in [-0.1, -0.05) is 6.07 Å². The Morgan fingerprint density at radius 1 is 1.29 bits per heavy atom. The zero-order valence-electron chi connectivity index (χ0n) is 16.0. The van der Waals surface area contributed by atoms with Crippen LogP contribution in [0.3, 0.4) is 0 Å². The number of nitro groups is 1. The van der Waals surface area contributed by atoms with Crippen LogP contribution in [0.25, 0.3) is 0 Å². The van der Waals surface area contributed by atoms with Gasteiger partial charge in [-0.05, 0) is 43.2 Å². The zero-order chi connectivity index (χ0) is 22.9. The Bertz CT molecular complexity index is 1080. The van der Waals surface area contributed by atoms with Gasteiger partial charge in [0.25, 0.3) is 5.69 Å². The number of benzene rings is 2. The summed E-state index contributed by atoms with van der Waals surface area (Å²) in [5, 5.41) is 24.2. The number of aryl methyl sites for hydroxylation is 1. The summed E-state index contributed by atoms with van der Waals surface area (Å²) in [5.74, 6) is -2.92. The molecule has 2 aromatic carbocycles. The molecular weight excluding hydrogens is 420 g/mol. The maximum atomic E-state index is 14.0. The lowest BCUT2D eigenvalue weighted by Crippen LogP contribution is -2.46. The second kappa shape index (κ2) is 8.31. The molecular formula is C20H16F4N4O3. The molecule has 11 heteroatoms. The highest BCUT2D eigenvalue weighted by atomic mass is 19.4. The molecule has 2 N–H and O–H groups in total. The van der Waals surface area contributed by atoms with Gasteiger partial charge >= 0.3 is 6.18 Å². The van der Waals surface area contributed by atoms with Crippen LogP contribution in [0, 0.1) is 34.2 Å². The molecule has 1 heterocycles. The van der Waals surface area contributed by atoms with Crippen LogP contribution >= 0.6 is 0 Å². The molecule has 1 aliphatic rings. The first-order chi connectivity index (χ1) is 14.5. The van der Waals surface area contributed by atoms with Gasteiger partial charge in [-0.3, -0.25) is 20.2 Å². The zero-order valence-corrected chi connectivity index (χ0v) is 16.0. The van der Waals surface area contributed by atoms with Crippen molar-refractivity contribution in [2.75, 3.05) is 5.32 Å². The van der Waals surface area contributed by atoms with Crippen molar-refractivity contribution in [1.82, 2.24) is 5.32 Å². The van der Waals surface area contributed by atoms with Gasteiger partial charge in [0.1, 0.15) is 11.9 Å². The number of nitrogens with zero attached hydrogens (tertiary/aromatic N) is 2. The van der Waals surface area contributed by atoms with E-state index in [0.29, 0.717) is 0 Å². The number of nitriles is 1. The molecule has 0 spiro atoms. The molecule has 1 saturated heterocycles. The van der Waals surface area contributed by atoms with Crippen molar-refractivity contribution in [3.63, 3.8) is 0 Å². The van der Waals surface area contributed by atoms with Crippen LogP contribution in [0.5, 0.6) is 0 Å². The van der Waals surface area contributed by atoms with Crippen molar-refractivity contribution in [1.29, 1.82) is 5.26 Å². The maximum absolute atomic E-state index is 14.0. The van der Waals surface area contributed by atoms with E-state index in [1.807, 2.05) is 0 Å². The van der Waals surface area contributed by atoms with Crippen molar-refractivity contribution < 1.29 is 27.3 Å². The number of carbonyl (C=O) groups excluding carboxylic acids is 1. The van der Waals surface area contributed by atoms with E-state index in [-0.39, 0.29) is 34.5 Å². The van der Waals surface area contributed by atoms with Gasteiger partial charge in [0.2, 0.25) is 5.91 Å². The number of nitro benzene ring substituents is 1. The second-order valence-corrected chi connectivity index (χ2v) is 7.18. The average molecular weight is 436 g/mol. The number of anilines is 1. The Morgan fingerprint density at radius 3 is 2.55 bits per heavy atom. The number of hydrogen-bond acceptors (Lipinski definition) is 5. The fraction of sp³-hybridized carbons (Fsp3) is 0.300. The summed E-state index contributed by atoms with van der Waals surface area (Å²) >= 11 is 0. The molecule has 1 aliphatic heterocycles. The standard InChI is InChI=1S/C20H16F4N4O3/c1-10-6-12(3-5-17(10)28(30)31)13-8-16(26-18(13)20(22,23)24)19(29)27-15-4-2-11(9-25)7-14(15)21/h2-7,13,16,18,26H,8H2,1H3,(H,27,29). The fourth-order valence-electron chi connectivity index (χ4n) is 3.64. The molecule has 2 aromatic rings. The van der Waals surface area contributed by atoms with Crippen LogP contribution in [-0.2, 0) is 4.79 Å². The Labute approximate surface area is 173 Å². The Kier molecular flexibility index (Phi) is 5.94. The van der Waals surface area contributed by atoms with Gasteiger partial charge < -0.3 is 5.32 Å². The smallest absolute Gasteiger partial charge is 0.322 e. The number of hydrogen-bond donors (Lipinski definition) is 2. The molecule has 162 valence electrons. The molecule has 7 nitrogen and oxygen atoms in total. The van der Waals surface area contributed by atoms with Gasteiger partial charge in [0.15, 0.2) is 0 Å². The van der Waals surface area contributed by atoms with Crippen molar-refractivity contribution >= 4 is 17.3 Å². The summed E-state index contributed by atoms with van der Waals surface area (Å²) in [7, 11) is 0. The van der Waals surface area contributed by atoms with E-state index < -0.39 is 40.8 Å². The minimum atomic E-state index is -4.69. The lowest BCUT2D eigenvalue weighted by Gasteiger charge is -2.22. The van der Waals surface area contributed by atoms with E-state index in [2.05, 4.69) is 10.6 Å². The van der Waals surface area contributed by atoms with Crippen LogP contribution in [0.2, 0.25) is 0 Å². The molecule has 0 bridgehead atoms. The highest BCUT2D eigenvalue weighted by molar-refractivity contribution is 5.95. The van der Waals surface area contributed by atoms with E-state index in [1.54, 1.807) is 6.07 Å². The fourth-order valence-corrected chi connectivity index (χ4v) is 3.64. The minimum Gasteiger partial charge on any atom is -0.322 e. The van der Waals surface area contributed by atoms with E-state index in [0.717, 1.165) is 18.2 Å². The predicted octanol–water partition coefficient (Wildman–Crippen LogP) is 3.93. The Morgan fingerprint density at radius 2 is 2.00 bits per heavy atom. The molecule has 3 unspecified atom stereocenters. The predicted molar refractivity (Wildman–Crippen MR) is 102 cm³/mol. The first-order valence-electron chi connectivity index (χ1n) is 9.09. The summed E-state index contributed by atoms with van der Waals surface area (Å²) in [4.78, 5) is 22.9. The average Bonchev–Trinajstić information content (AvgIpc) is 3.15. The number of halogens is 4. The van der Waals surface area contributed by atoms with Crippen LogP contribution in [-0.4, -0.2) is 29.1 Å². The van der Waals surface area contributed by atoms with E-state index >= 15 is 0 Å². The third-order valence-electron chi connectivity index (χ3n) is 5.14. The van der Waals surface area contributed by atoms with Crippen molar-refractivity contribution in [2.24, 2.45) is 0 Å². The summed E-state index contributed by atoms with van der Waals surface area (Å²) < 4.78 is 54.9. The van der Waals surface area contributed by atoms with Gasteiger partial charge in [-0.15, -0.1) is 0 Å². The van der Waals surface area contributed by atoms with Crippen LogP contribution in [0.4, 0.5) is 28.9 Å². The highest BCUT2D eigenvalue weighted by Crippen LogP contribution is 2.40. The SMILES string of the molecule is Cc1cc(C2CC(C(=O)Nc3ccc(C#N)cc3F)NC2C(F)(F)F)ccc1[N+](=O)[O-]. The first-order valence-corrected chi connectivity index (χ1v) is 9.09. The summed E-state index contributed by atoms with van der Waals surface area (Å²) in [6, 6.07) is 5.41. The maximum Gasteiger partial charge on any atom is 0.404 e. The largest absolute Gasteiger partial charge is 0.404 e. The van der Waals surface area contributed by atoms with Crippen molar-refractivity contribution in [3.8, 4) is 6.07 Å². The quantitative estimate of drug-likeness (QED) is 0.429. The normalized spacial score (nSPS) is 20.8. The van der Waals surface area contributed by atoms with E-state index in [4.69, 9.17) is 5.26 Å². The van der Waals surface area contributed by atoms with Gasteiger partial charge in [0, 0.05) is 17.5 Å². The number of alkyl halides is 3. The van der Waals surface area contributed by atoms with E-state index in [9.17, 15) is 32.5 Å². The summed E-state index contributed by atoms with van der Waals surface area (Å²) in [5.41, 5.74) is -0.0400. The van der Waals surface area contributed by atoms with Gasteiger partial charge in [-0.2, -0.15) is 18.4 Å². The Balaban J connectivity index is 1.84. The van der Waals surface area contributed by atoms with Gasteiger partial charge in [-0.25, -0.2) is 4.39 Å². The number of nitrogens with one attached hydrogen (secondary N) is 2. The molecule has 1 fully saturated rings. The topological polar surface area (TPSA) is 108 Å².